The Bertz CT molecular complexity index is 484. The highest BCUT2D eigenvalue weighted by atomic mass is 35.5. The van der Waals surface area contributed by atoms with Crippen LogP contribution in [0.2, 0.25) is 5.02 Å². The van der Waals surface area contributed by atoms with Crippen LogP contribution in [0.3, 0.4) is 0 Å². The van der Waals surface area contributed by atoms with Crippen LogP contribution in [0.4, 0.5) is 0 Å². The molecule has 2 N–H and O–H groups in total. The summed E-state index contributed by atoms with van der Waals surface area (Å²) < 4.78 is 5.43. The number of para-hydroxylation sites is 1. The minimum absolute atomic E-state index is 0.0302. The molecule has 0 heterocycles. The van der Waals surface area contributed by atoms with E-state index in [0.717, 1.165) is 25.7 Å². The Balaban J connectivity index is 1.87. The quantitative estimate of drug-likeness (QED) is 0.879. The van der Waals surface area contributed by atoms with Crippen LogP contribution >= 0.6 is 11.6 Å². The minimum atomic E-state index is -0.493. The first-order valence-electron chi connectivity index (χ1n) is 7.34. The first kappa shape index (κ1) is 16.1. The van der Waals surface area contributed by atoms with E-state index in [-0.39, 0.29) is 19.1 Å². The summed E-state index contributed by atoms with van der Waals surface area (Å²) in [7, 11) is 0. The van der Waals surface area contributed by atoms with Crippen molar-refractivity contribution in [3.8, 4) is 5.75 Å². The number of aliphatic hydroxyl groups excluding tert-OH is 1. The molecule has 21 heavy (non-hydrogen) atoms. The molecular weight excluding hydrogens is 290 g/mol. The van der Waals surface area contributed by atoms with Gasteiger partial charge in [-0.25, -0.2) is 0 Å². The second-order valence-electron chi connectivity index (χ2n) is 5.89. The standard InChI is InChI=1S/C16H22ClNO3/c1-12-6-8-16(11-19,9-7-12)18-15(20)10-21-14-5-3-2-4-13(14)17/h2-5,12,19H,6-11H2,1H3,(H,18,20). The zero-order valence-electron chi connectivity index (χ0n) is 12.3. The number of amides is 1. The summed E-state index contributed by atoms with van der Waals surface area (Å²) in [6.45, 7) is 2.07. The lowest BCUT2D eigenvalue weighted by Gasteiger charge is -2.38. The van der Waals surface area contributed by atoms with Crippen LogP contribution < -0.4 is 10.1 Å². The molecule has 0 spiro atoms. The number of benzene rings is 1. The average molecular weight is 312 g/mol. The fourth-order valence-electron chi connectivity index (χ4n) is 2.67. The summed E-state index contributed by atoms with van der Waals surface area (Å²) in [5, 5.41) is 13.0. The van der Waals surface area contributed by atoms with Crippen LogP contribution in [0.15, 0.2) is 24.3 Å². The van der Waals surface area contributed by atoms with Gasteiger partial charge in [0.05, 0.1) is 17.2 Å². The number of carbonyl (C=O) groups excluding carboxylic acids is 1. The van der Waals surface area contributed by atoms with E-state index in [1.807, 2.05) is 0 Å². The summed E-state index contributed by atoms with van der Waals surface area (Å²) in [4.78, 5) is 12.1. The lowest BCUT2D eigenvalue weighted by atomic mass is 9.77. The van der Waals surface area contributed by atoms with Gasteiger partial charge in [0.25, 0.3) is 5.91 Å². The Morgan fingerprint density at radius 2 is 2.10 bits per heavy atom. The number of carbonyl (C=O) groups is 1. The number of hydrogen-bond donors (Lipinski definition) is 2. The third-order valence-electron chi connectivity index (χ3n) is 4.13. The summed E-state index contributed by atoms with van der Waals surface area (Å²) in [5.41, 5.74) is -0.493. The van der Waals surface area contributed by atoms with E-state index in [1.54, 1.807) is 24.3 Å². The van der Waals surface area contributed by atoms with Gasteiger partial charge in [-0.2, -0.15) is 0 Å². The Kier molecular flexibility index (Phi) is 5.48. The Labute approximate surface area is 130 Å². The van der Waals surface area contributed by atoms with Gasteiger partial charge >= 0.3 is 0 Å². The van der Waals surface area contributed by atoms with Crippen LogP contribution in [0.25, 0.3) is 0 Å². The minimum Gasteiger partial charge on any atom is -0.482 e. The van der Waals surface area contributed by atoms with E-state index in [2.05, 4.69) is 12.2 Å². The molecule has 2 rings (SSSR count). The van der Waals surface area contributed by atoms with Crippen molar-refractivity contribution in [3.05, 3.63) is 29.3 Å². The summed E-state index contributed by atoms with van der Waals surface area (Å²) >= 11 is 5.97. The zero-order valence-corrected chi connectivity index (χ0v) is 13.0. The van der Waals surface area contributed by atoms with Crippen molar-refractivity contribution in [2.45, 2.75) is 38.1 Å². The topological polar surface area (TPSA) is 58.6 Å². The molecule has 0 atom stereocenters. The van der Waals surface area contributed by atoms with Crippen LogP contribution in [-0.2, 0) is 4.79 Å². The molecule has 1 saturated carbocycles. The maximum Gasteiger partial charge on any atom is 0.258 e. The first-order valence-corrected chi connectivity index (χ1v) is 7.72. The van der Waals surface area contributed by atoms with Gasteiger partial charge in [0.2, 0.25) is 0 Å². The number of aliphatic hydroxyl groups is 1. The summed E-state index contributed by atoms with van der Waals surface area (Å²) in [6, 6.07) is 7.04. The van der Waals surface area contributed by atoms with Crippen LogP contribution in [0.5, 0.6) is 5.75 Å². The van der Waals surface area contributed by atoms with Crippen LogP contribution in [-0.4, -0.2) is 29.8 Å². The van der Waals surface area contributed by atoms with Gasteiger partial charge in [0.1, 0.15) is 5.75 Å². The lowest BCUT2D eigenvalue weighted by molar-refractivity contribution is -0.126. The third-order valence-corrected chi connectivity index (χ3v) is 4.45. The molecule has 1 fully saturated rings. The van der Waals surface area contributed by atoms with Gasteiger partial charge < -0.3 is 15.2 Å². The zero-order chi connectivity index (χ0) is 15.3. The average Bonchev–Trinajstić information content (AvgIpc) is 2.49. The summed E-state index contributed by atoms with van der Waals surface area (Å²) in [5.74, 6) is 0.920. The second-order valence-corrected chi connectivity index (χ2v) is 6.30. The van der Waals surface area contributed by atoms with Gasteiger partial charge in [-0.1, -0.05) is 30.7 Å². The monoisotopic (exact) mass is 311 g/mol. The normalized spacial score (nSPS) is 25.4. The molecule has 0 radical (unpaired) electrons. The molecule has 5 heteroatoms. The molecule has 1 aliphatic carbocycles. The maximum atomic E-state index is 12.1. The molecule has 0 saturated heterocycles. The van der Waals surface area contributed by atoms with E-state index < -0.39 is 5.54 Å². The highest BCUT2D eigenvalue weighted by Gasteiger charge is 2.35. The number of ether oxygens (including phenoxy) is 1. The molecule has 0 bridgehead atoms. The van der Waals surface area contributed by atoms with Gasteiger partial charge in [-0.3, -0.25) is 4.79 Å². The SMILES string of the molecule is CC1CCC(CO)(NC(=O)COc2ccccc2Cl)CC1. The van der Waals surface area contributed by atoms with Crippen molar-refractivity contribution in [2.75, 3.05) is 13.2 Å². The molecule has 1 aromatic carbocycles. The number of rotatable bonds is 5. The highest BCUT2D eigenvalue weighted by molar-refractivity contribution is 6.32. The van der Waals surface area contributed by atoms with E-state index in [9.17, 15) is 9.90 Å². The van der Waals surface area contributed by atoms with Gasteiger partial charge in [0, 0.05) is 0 Å². The molecule has 116 valence electrons. The van der Waals surface area contributed by atoms with E-state index in [1.165, 1.54) is 0 Å². The molecule has 0 unspecified atom stereocenters. The molecule has 0 aliphatic heterocycles. The first-order chi connectivity index (χ1) is 10.0. The highest BCUT2D eigenvalue weighted by Crippen LogP contribution is 2.31. The number of nitrogens with one attached hydrogen (secondary N) is 1. The largest absolute Gasteiger partial charge is 0.482 e. The lowest BCUT2D eigenvalue weighted by Crippen LogP contribution is -2.54. The fourth-order valence-corrected chi connectivity index (χ4v) is 2.86. The van der Waals surface area contributed by atoms with E-state index in [4.69, 9.17) is 16.3 Å². The van der Waals surface area contributed by atoms with Crippen LogP contribution in [0, 0.1) is 5.92 Å². The van der Waals surface area contributed by atoms with Crippen molar-refractivity contribution in [3.63, 3.8) is 0 Å². The Hall–Kier alpha value is -1.26. The predicted molar refractivity (Wildman–Crippen MR) is 82.5 cm³/mol. The van der Waals surface area contributed by atoms with Crippen molar-refractivity contribution in [1.82, 2.24) is 5.32 Å². The van der Waals surface area contributed by atoms with Crippen LogP contribution in [0.1, 0.15) is 32.6 Å². The van der Waals surface area contributed by atoms with Crippen molar-refractivity contribution >= 4 is 17.5 Å². The molecule has 4 nitrogen and oxygen atoms in total. The molecule has 1 aromatic rings. The van der Waals surface area contributed by atoms with E-state index >= 15 is 0 Å². The maximum absolute atomic E-state index is 12.1. The molecule has 0 aromatic heterocycles. The summed E-state index contributed by atoms with van der Waals surface area (Å²) in [6.07, 6.45) is 3.66. The number of hydrogen-bond acceptors (Lipinski definition) is 3. The second kappa shape index (κ2) is 7.14. The molecular formula is C16H22ClNO3. The van der Waals surface area contributed by atoms with Crippen molar-refractivity contribution in [2.24, 2.45) is 5.92 Å². The van der Waals surface area contributed by atoms with Gasteiger partial charge in [-0.05, 0) is 43.7 Å². The van der Waals surface area contributed by atoms with Crippen molar-refractivity contribution in [1.29, 1.82) is 0 Å². The third kappa shape index (κ3) is 4.35. The van der Waals surface area contributed by atoms with Gasteiger partial charge in [-0.15, -0.1) is 0 Å². The van der Waals surface area contributed by atoms with Gasteiger partial charge in [0.15, 0.2) is 6.61 Å². The predicted octanol–water partition coefficient (Wildman–Crippen LogP) is 2.78. The molecule has 1 aliphatic rings. The molecule has 1 amide bonds. The smallest absolute Gasteiger partial charge is 0.258 e. The number of halogens is 1. The Morgan fingerprint density at radius 3 is 2.71 bits per heavy atom. The Morgan fingerprint density at radius 1 is 1.43 bits per heavy atom. The van der Waals surface area contributed by atoms with E-state index in [0.29, 0.717) is 16.7 Å². The van der Waals surface area contributed by atoms with Crippen molar-refractivity contribution < 1.29 is 14.6 Å². The fraction of sp³-hybridized carbons (Fsp3) is 0.562.